The summed E-state index contributed by atoms with van der Waals surface area (Å²) in [7, 11) is 1.50. The maximum Gasteiger partial charge on any atom is 0.340 e. The summed E-state index contributed by atoms with van der Waals surface area (Å²) >= 11 is 0. The molecule has 0 saturated carbocycles. The van der Waals surface area contributed by atoms with Crippen LogP contribution in [-0.2, 0) is 20.8 Å². The molecular formula is C14H20O4. The van der Waals surface area contributed by atoms with E-state index in [0.717, 1.165) is 5.56 Å². The highest BCUT2D eigenvalue weighted by molar-refractivity contribution is 5.89. The molecule has 0 aliphatic heterocycles. The maximum absolute atomic E-state index is 11.8. The van der Waals surface area contributed by atoms with E-state index in [9.17, 15) is 4.79 Å². The van der Waals surface area contributed by atoms with Crippen molar-refractivity contribution in [3.8, 4) is 0 Å². The average Bonchev–Trinajstić information content (AvgIpc) is 2.36. The molecule has 0 spiro atoms. The molecule has 0 amide bonds. The van der Waals surface area contributed by atoms with Gasteiger partial charge in [-0.3, -0.25) is 0 Å². The normalized spacial score (nSPS) is 11.3. The number of benzene rings is 1. The van der Waals surface area contributed by atoms with E-state index in [1.165, 1.54) is 7.11 Å². The lowest BCUT2D eigenvalue weighted by Crippen LogP contribution is -2.29. The van der Waals surface area contributed by atoms with Crippen LogP contribution in [0.1, 0.15) is 36.7 Å². The van der Waals surface area contributed by atoms with Crippen LogP contribution in [0.25, 0.3) is 0 Å². The molecule has 1 aromatic carbocycles. The smallest absolute Gasteiger partial charge is 0.340 e. The Labute approximate surface area is 108 Å². The van der Waals surface area contributed by atoms with Crippen LogP contribution in [0.2, 0.25) is 0 Å². The number of esters is 1. The fourth-order valence-corrected chi connectivity index (χ4v) is 1.28. The molecule has 4 nitrogen and oxygen atoms in total. The van der Waals surface area contributed by atoms with E-state index >= 15 is 0 Å². The first kappa shape index (κ1) is 14.7. The number of carbonyl (C=O) groups is 1. The molecule has 0 aliphatic carbocycles. The van der Waals surface area contributed by atoms with E-state index in [-0.39, 0.29) is 0 Å². The van der Waals surface area contributed by atoms with Gasteiger partial charge in [0.2, 0.25) is 5.79 Å². The van der Waals surface area contributed by atoms with Gasteiger partial charge in [-0.1, -0.05) is 12.1 Å². The number of rotatable bonds is 6. The molecule has 18 heavy (non-hydrogen) atoms. The van der Waals surface area contributed by atoms with Crippen LogP contribution in [-0.4, -0.2) is 25.5 Å². The first-order valence-corrected chi connectivity index (χ1v) is 5.93. The Morgan fingerprint density at radius 1 is 1.22 bits per heavy atom. The highest BCUT2D eigenvalue weighted by atomic mass is 16.7. The van der Waals surface area contributed by atoms with E-state index < -0.39 is 11.8 Å². The van der Waals surface area contributed by atoms with Crippen molar-refractivity contribution in [2.45, 2.75) is 33.2 Å². The zero-order valence-electron chi connectivity index (χ0n) is 11.4. The van der Waals surface area contributed by atoms with Gasteiger partial charge in [0.05, 0.1) is 12.2 Å². The van der Waals surface area contributed by atoms with Crippen molar-refractivity contribution in [3.63, 3.8) is 0 Å². The zero-order valence-corrected chi connectivity index (χ0v) is 11.4. The highest BCUT2D eigenvalue weighted by Gasteiger charge is 2.22. The zero-order chi connectivity index (χ0) is 13.6. The number of methoxy groups -OCH3 is 1. The fraction of sp³-hybridized carbons (Fsp3) is 0.500. The summed E-state index contributed by atoms with van der Waals surface area (Å²) in [6.45, 7) is 6.54. The second-order valence-corrected chi connectivity index (χ2v) is 4.33. The van der Waals surface area contributed by atoms with Gasteiger partial charge >= 0.3 is 5.97 Å². The molecule has 0 heterocycles. The first-order valence-electron chi connectivity index (χ1n) is 5.93. The third kappa shape index (κ3) is 4.47. The molecule has 0 atom stereocenters. The summed E-state index contributed by atoms with van der Waals surface area (Å²) < 4.78 is 15.5. The van der Waals surface area contributed by atoms with Crippen molar-refractivity contribution in [2.24, 2.45) is 0 Å². The van der Waals surface area contributed by atoms with Crippen LogP contribution in [0.3, 0.4) is 0 Å². The Kier molecular flexibility index (Phi) is 5.31. The third-order valence-corrected chi connectivity index (χ3v) is 2.49. The van der Waals surface area contributed by atoms with Crippen LogP contribution in [0.4, 0.5) is 0 Å². The summed E-state index contributed by atoms with van der Waals surface area (Å²) in [4.78, 5) is 11.8. The summed E-state index contributed by atoms with van der Waals surface area (Å²) in [5.74, 6) is -1.31. The van der Waals surface area contributed by atoms with Gasteiger partial charge in [-0.2, -0.15) is 0 Å². The number of hydrogen-bond acceptors (Lipinski definition) is 4. The van der Waals surface area contributed by atoms with Crippen molar-refractivity contribution < 1.29 is 19.0 Å². The van der Waals surface area contributed by atoms with Gasteiger partial charge in [0.15, 0.2) is 0 Å². The number of ether oxygens (including phenoxy) is 3. The molecule has 0 radical (unpaired) electrons. The second-order valence-electron chi connectivity index (χ2n) is 4.33. The lowest BCUT2D eigenvalue weighted by atomic mass is 10.1. The summed E-state index contributed by atoms with van der Waals surface area (Å²) in [5.41, 5.74) is 1.53. The predicted octanol–water partition coefficient (Wildman–Crippen LogP) is 2.76. The Bertz CT molecular complexity index is 381. The Hall–Kier alpha value is -1.39. The van der Waals surface area contributed by atoms with Crippen LogP contribution in [0, 0.1) is 0 Å². The van der Waals surface area contributed by atoms with Crippen LogP contribution in [0.15, 0.2) is 24.3 Å². The van der Waals surface area contributed by atoms with Crippen molar-refractivity contribution in [1.29, 1.82) is 0 Å². The van der Waals surface area contributed by atoms with Crippen molar-refractivity contribution in [1.82, 2.24) is 0 Å². The average molecular weight is 252 g/mol. The monoisotopic (exact) mass is 252 g/mol. The van der Waals surface area contributed by atoms with Crippen LogP contribution in [0.5, 0.6) is 0 Å². The molecule has 0 aliphatic rings. The molecule has 0 N–H and O–H groups in total. The van der Waals surface area contributed by atoms with Gasteiger partial charge in [-0.15, -0.1) is 0 Å². The topological polar surface area (TPSA) is 44.8 Å². The predicted molar refractivity (Wildman–Crippen MR) is 68.3 cm³/mol. The van der Waals surface area contributed by atoms with Gasteiger partial charge in [-0.25, -0.2) is 4.79 Å². The molecule has 1 aromatic rings. The Morgan fingerprint density at radius 3 is 2.33 bits per heavy atom. The SMILES string of the molecule is CCOCc1ccc(C(=O)OC(C)(C)OC)cc1. The largest absolute Gasteiger partial charge is 0.430 e. The Morgan fingerprint density at radius 2 is 1.83 bits per heavy atom. The molecule has 0 aromatic heterocycles. The first-order chi connectivity index (χ1) is 8.48. The minimum atomic E-state index is -0.916. The maximum atomic E-state index is 11.8. The molecule has 4 heteroatoms. The van der Waals surface area contributed by atoms with Crippen molar-refractivity contribution in [2.75, 3.05) is 13.7 Å². The van der Waals surface area contributed by atoms with Gasteiger partial charge in [0.25, 0.3) is 0 Å². The summed E-state index contributed by atoms with van der Waals surface area (Å²) in [6.07, 6.45) is 0. The van der Waals surface area contributed by atoms with E-state index in [4.69, 9.17) is 14.2 Å². The molecule has 0 saturated heterocycles. The van der Waals surface area contributed by atoms with Crippen molar-refractivity contribution in [3.05, 3.63) is 35.4 Å². The van der Waals surface area contributed by atoms with Gasteiger partial charge in [0.1, 0.15) is 0 Å². The van der Waals surface area contributed by atoms with E-state index in [2.05, 4.69) is 0 Å². The molecular weight excluding hydrogens is 232 g/mol. The molecule has 0 fully saturated rings. The quantitative estimate of drug-likeness (QED) is 0.577. The minimum absolute atomic E-state index is 0.398. The molecule has 100 valence electrons. The minimum Gasteiger partial charge on any atom is -0.430 e. The standard InChI is InChI=1S/C14H20O4/c1-5-17-10-11-6-8-12(9-7-11)13(15)18-14(2,3)16-4/h6-9H,5,10H2,1-4H3. The van der Waals surface area contributed by atoms with Gasteiger partial charge in [-0.05, 0) is 24.6 Å². The van der Waals surface area contributed by atoms with Crippen molar-refractivity contribution >= 4 is 5.97 Å². The summed E-state index contributed by atoms with van der Waals surface area (Å²) in [6, 6.07) is 7.16. The number of hydrogen-bond donors (Lipinski definition) is 0. The number of carbonyl (C=O) groups excluding carboxylic acids is 1. The van der Waals surface area contributed by atoms with Gasteiger partial charge in [0, 0.05) is 27.6 Å². The molecule has 1 rings (SSSR count). The Balaban J connectivity index is 2.64. The lowest BCUT2D eigenvalue weighted by Gasteiger charge is -2.22. The molecule has 0 bridgehead atoms. The summed E-state index contributed by atoms with van der Waals surface area (Å²) in [5, 5.41) is 0. The fourth-order valence-electron chi connectivity index (χ4n) is 1.28. The third-order valence-electron chi connectivity index (χ3n) is 2.49. The van der Waals surface area contributed by atoms with Crippen LogP contribution < -0.4 is 0 Å². The highest BCUT2D eigenvalue weighted by Crippen LogP contribution is 2.14. The van der Waals surface area contributed by atoms with E-state index in [1.807, 2.05) is 19.1 Å². The van der Waals surface area contributed by atoms with Crippen LogP contribution >= 0.6 is 0 Å². The van der Waals surface area contributed by atoms with E-state index in [1.54, 1.807) is 26.0 Å². The molecule has 0 unspecified atom stereocenters. The second kappa shape index (κ2) is 6.52. The van der Waals surface area contributed by atoms with E-state index in [0.29, 0.717) is 18.8 Å². The lowest BCUT2D eigenvalue weighted by molar-refractivity contribution is -0.160. The van der Waals surface area contributed by atoms with Gasteiger partial charge < -0.3 is 14.2 Å².